The maximum Gasteiger partial charge on any atom is 0.200 e. The summed E-state index contributed by atoms with van der Waals surface area (Å²) in [6, 6.07) is 22.4. The minimum absolute atomic E-state index is 0.0186. The van der Waals surface area contributed by atoms with Crippen LogP contribution in [0.3, 0.4) is 0 Å². The van der Waals surface area contributed by atoms with Gasteiger partial charge >= 0.3 is 0 Å². The van der Waals surface area contributed by atoms with Crippen LogP contribution in [0.1, 0.15) is 0 Å². The van der Waals surface area contributed by atoms with Crippen molar-refractivity contribution in [1.29, 1.82) is 0 Å². The summed E-state index contributed by atoms with van der Waals surface area (Å²) < 4.78 is 20.6. The number of nitrogens with one attached hydrogen (secondary N) is 2. The Balaban J connectivity index is 0.000000161. The maximum absolute atomic E-state index is 9.92. The van der Waals surface area contributed by atoms with Gasteiger partial charge in [0.2, 0.25) is 11.5 Å². The molecule has 0 aliphatic rings. The molecule has 0 unspecified atom stereocenters. The Labute approximate surface area is 229 Å². The van der Waals surface area contributed by atoms with Crippen molar-refractivity contribution in [1.82, 2.24) is 19.9 Å². The van der Waals surface area contributed by atoms with Crippen LogP contribution in [0.2, 0.25) is 0 Å². The third-order valence-electron chi connectivity index (χ3n) is 6.29. The number of para-hydroxylation sites is 4. The zero-order chi connectivity index (χ0) is 28.2. The van der Waals surface area contributed by atoms with Crippen LogP contribution >= 0.6 is 0 Å². The van der Waals surface area contributed by atoms with Crippen molar-refractivity contribution in [3.05, 3.63) is 72.8 Å². The number of methoxy groups -OCH3 is 4. The standard InChI is InChI=1S/2C15H14N2O3/c2*1-19-12-7-9(8-13(20-2)14(12)18)15-16-10-5-3-4-6-11(10)17-15/h2*3-8,18H,1-2H3,(H,16,17). The Morgan fingerprint density at radius 3 is 1.15 bits per heavy atom. The summed E-state index contributed by atoms with van der Waals surface area (Å²) in [5, 5.41) is 19.8. The van der Waals surface area contributed by atoms with Gasteiger partial charge in [0.1, 0.15) is 11.6 Å². The summed E-state index contributed by atoms with van der Waals surface area (Å²) in [7, 11) is 5.99. The molecular formula is C30H28N4O6. The average molecular weight is 541 g/mol. The first-order valence-corrected chi connectivity index (χ1v) is 12.3. The lowest BCUT2D eigenvalue weighted by Gasteiger charge is -2.09. The number of phenols is 2. The molecule has 4 aromatic carbocycles. The molecule has 6 aromatic rings. The van der Waals surface area contributed by atoms with Gasteiger partial charge in [-0.2, -0.15) is 0 Å². The summed E-state index contributed by atoms with van der Waals surface area (Å²) in [5.74, 6) is 2.74. The highest BCUT2D eigenvalue weighted by atomic mass is 16.5. The summed E-state index contributed by atoms with van der Waals surface area (Å²) >= 11 is 0. The number of benzene rings is 4. The fraction of sp³-hybridized carbons (Fsp3) is 0.133. The van der Waals surface area contributed by atoms with Gasteiger partial charge < -0.3 is 39.1 Å². The van der Waals surface area contributed by atoms with Gasteiger partial charge in [0.15, 0.2) is 23.0 Å². The van der Waals surface area contributed by atoms with E-state index < -0.39 is 0 Å². The molecule has 40 heavy (non-hydrogen) atoms. The van der Waals surface area contributed by atoms with Crippen molar-refractivity contribution >= 4 is 22.1 Å². The molecule has 0 saturated carbocycles. The molecule has 0 aliphatic heterocycles. The van der Waals surface area contributed by atoms with Crippen molar-refractivity contribution < 1.29 is 29.2 Å². The van der Waals surface area contributed by atoms with Gasteiger partial charge in [-0.25, -0.2) is 9.97 Å². The van der Waals surface area contributed by atoms with Crippen LogP contribution in [0.5, 0.6) is 34.5 Å². The Morgan fingerprint density at radius 2 is 0.850 bits per heavy atom. The largest absolute Gasteiger partial charge is 0.502 e. The maximum atomic E-state index is 9.92. The number of phenolic OH excluding ortho intramolecular Hbond substituents is 2. The number of fused-ring (bicyclic) bond motifs is 2. The number of rotatable bonds is 6. The number of aromatic hydroxyl groups is 2. The Hall–Kier alpha value is -5.38. The summed E-state index contributed by atoms with van der Waals surface area (Å²) in [6.07, 6.45) is 0. The number of aromatic nitrogens is 4. The second kappa shape index (κ2) is 11.2. The van der Waals surface area contributed by atoms with E-state index in [2.05, 4.69) is 19.9 Å². The predicted octanol–water partition coefficient (Wildman–Crippen LogP) is 5.91. The van der Waals surface area contributed by atoms with E-state index in [1.54, 1.807) is 24.3 Å². The van der Waals surface area contributed by atoms with Gasteiger partial charge in [-0.3, -0.25) is 0 Å². The fourth-order valence-corrected chi connectivity index (χ4v) is 4.24. The van der Waals surface area contributed by atoms with Gasteiger partial charge in [-0.05, 0) is 48.5 Å². The number of imidazole rings is 2. The lowest BCUT2D eigenvalue weighted by atomic mass is 10.1. The van der Waals surface area contributed by atoms with Gasteiger partial charge in [-0.15, -0.1) is 0 Å². The third-order valence-corrected chi connectivity index (χ3v) is 6.29. The van der Waals surface area contributed by atoms with Crippen LogP contribution in [0.4, 0.5) is 0 Å². The number of nitrogens with zero attached hydrogens (tertiary/aromatic N) is 2. The Kier molecular flexibility index (Phi) is 7.32. The topological polar surface area (TPSA) is 135 Å². The first-order valence-electron chi connectivity index (χ1n) is 12.3. The number of aromatic amines is 2. The van der Waals surface area contributed by atoms with Gasteiger partial charge in [0.25, 0.3) is 0 Å². The molecule has 204 valence electrons. The van der Waals surface area contributed by atoms with Crippen LogP contribution in [-0.2, 0) is 0 Å². The second-order valence-corrected chi connectivity index (χ2v) is 8.66. The zero-order valence-corrected chi connectivity index (χ0v) is 22.4. The molecular weight excluding hydrogens is 512 g/mol. The SMILES string of the molecule is COc1cc(-c2nc3ccccc3[nH]2)cc(OC)c1O.COc1cc(-c2nc3ccccc3[nH]2)cc(OC)c1O. The molecule has 0 saturated heterocycles. The molecule has 0 bridgehead atoms. The highest BCUT2D eigenvalue weighted by molar-refractivity contribution is 5.81. The molecule has 0 spiro atoms. The smallest absolute Gasteiger partial charge is 0.200 e. The van der Waals surface area contributed by atoms with Crippen LogP contribution in [0.15, 0.2) is 72.8 Å². The zero-order valence-electron chi connectivity index (χ0n) is 22.4. The van der Waals surface area contributed by atoms with Crippen LogP contribution in [0.25, 0.3) is 44.8 Å². The van der Waals surface area contributed by atoms with Crippen LogP contribution in [-0.4, -0.2) is 58.6 Å². The quantitative estimate of drug-likeness (QED) is 0.205. The van der Waals surface area contributed by atoms with E-state index in [-0.39, 0.29) is 11.5 Å². The van der Waals surface area contributed by atoms with Crippen LogP contribution < -0.4 is 18.9 Å². The van der Waals surface area contributed by atoms with Gasteiger partial charge in [0, 0.05) is 11.1 Å². The summed E-state index contributed by atoms with van der Waals surface area (Å²) in [5.41, 5.74) is 5.24. The normalized spacial score (nSPS) is 10.7. The van der Waals surface area contributed by atoms with E-state index in [0.717, 1.165) is 33.2 Å². The highest BCUT2D eigenvalue weighted by Crippen LogP contribution is 2.41. The number of hydrogen-bond acceptors (Lipinski definition) is 8. The number of hydrogen-bond donors (Lipinski definition) is 4. The Bertz CT molecular complexity index is 1540. The molecule has 0 radical (unpaired) electrons. The number of H-pyrrole nitrogens is 2. The number of ether oxygens (including phenoxy) is 4. The van der Waals surface area contributed by atoms with Crippen LogP contribution in [0, 0.1) is 0 Å². The lowest BCUT2D eigenvalue weighted by Crippen LogP contribution is -1.91. The molecule has 10 nitrogen and oxygen atoms in total. The molecule has 10 heteroatoms. The van der Waals surface area contributed by atoms with Crippen molar-refractivity contribution in [2.45, 2.75) is 0 Å². The molecule has 6 rings (SSSR count). The molecule has 0 atom stereocenters. The minimum atomic E-state index is -0.0186. The highest BCUT2D eigenvalue weighted by Gasteiger charge is 2.15. The molecule has 0 fully saturated rings. The molecule has 2 heterocycles. The van der Waals surface area contributed by atoms with E-state index >= 15 is 0 Å². The fourth-order valence-electron chi connectivity index (χ4n) is 4.24. The van der Waals surface area contributed by atoms with Gasteiger partial charge in [0.05, 0.1) is 50.5 Å². The predicted molar refractivity (Wildman–Crippen MR) is 153 cm³/mol. The van der Waals surface area contributed by atoms with Gasteiger partial charge in [-0.1, -0.05) is 24.3 Å². The first-order chi connectivity index (χ1) is 19.4. The first kappa shape index (κ1) is 26.2. The molecule has 0 aliphatic carbocycles. The van der Waals surface area contributed by atoms with E-state index in [1.807, 2.05) is 48.5 Å². The minimum Gasteiger partial charge on any atom is -0.502 e. The summed E-state index contributed by atoms with van der Waals surface area (Å²) in [4.78, 5) is 15.5. The second-order valence-electron chi connectivity index (χ2n) is 8.66. The van der Waals surface area contributed by atoms with E-state index in [4.69, 9.17) is 18.9 Å². The van der Waals surface area contributed by atoms with Crippen molar-refractivity contribution in [3.63, 3.8) is 0 Å². The van der Waals surface area contributed by atoms with E-state index in [9.17, 15) is 10.2 Å². The van der Waals surface area contributed by atoms with Crippen molar-refractivity contribution in [3.8, 4) is 57.3 Å². The third kappa shape index (κ3) is 5.02. The molecule has 0 amide bonds. The summed E-state index contributed by atoms with van der Waals surface area (Å²) in [6.45, 7) is 0. The molecule has 4 N–H and O–H groups in total. The van der Waals surface area contributed by atoms with E-state index in [0.29, 0.717) is 34.6 Å². The van der Waals surface area contributed by atoms with Crippen molar-refractivity contribution in [2.24, 2.45) is 0 Å². The Morgan fingerprint density at radius 1 is 0.525 bits per heavy atom. The average Bonchev–Trinajstić information content (AvgIpc) is 3.62. The monoisotopic (exact) mass is 540 g/mol. The molecule has 2 aromatic heterocycles. The van der Waals surface area contributed by atoms with E-state index in [1.165, 1.54) is 28.4 Å². The lowest BCUT2D eigenvalue weighted by molar-refractivity contribution is 0.340. The van der Waals surface area contributed by atoms with Crippen molar-refractivity contribution in [2.75, 3.05) is 28.4 Å².